The van der Waals surface area contributed by atoms with Crippen molar-refractivity contribution in [1.82, 2.24) is 5.32 Å². The highest BCUT2D eigenvalue weighted by atomic mass is 35.5. The van der Waals surface area contributed by atoms with E-state index >= 15 is 0 Å². The average Bonchev–Trinajstić information content (AvgIpc) is 2.17. The van der Waals surface area contributed by atoms with Gasteiger partial charge in [0, 0.05) is 17.6 Å². The van der Waals surface area contributed by atoms with Crippen molar-refractivity contribution in [3.63, 3.8) is 0 Å². The monoisotopic (exact) mass is 261 g/mol. The summed E-state index contributed by atoms with van der Waals surface area (Å²) in [5.74, 6) is -0.115. The number of nitrogens with one attached hydrogen (secondary N) is 1. The number of hydrogen-bond acceptors (Lipinski definition) is 2. The lowest BCUT2D eigenvalue weighted by molar-refractivity contribution is 0.100. The lowest BCUT2D eigenvalue weighted by Gasteiger charge is -2.04. The molecule has 15 heavy (non-hydrogen) atoms. The molecule has 0 saturated heterocycles. The molecule has 0 heterocycles. The number of carbonyl (C=O) groups is 1. The maximum Gasteiger partial charge on any atom is 0.171 e. The topological polar surface area (TPSA) is 29.1 Å². The molecule has 80 valence electrons. The Hall–Kier alpha value is -0.640. The van der Waals surface area contributed by atoms with Gasteiger partial charge >= 0.3 is 0 Å². The molecule has 1 rings (SSSR count). The van der Waals surface area contributed by atoms with E-state index in [1.807, 2.05) is 0 Å². The Bertz CT molecular complexity index is 406. The summed E-state index contributed by atoms with van der Waals surface area (Å²) < 4.78 is 0. The van der Waals surface area contributed by atoms with E-state index < -0.39 is 0 Å². The largest absolute Gasteiger partial charge is 0.382 e. The second kappa shape index (κ2) is 5.45. The van der Waals surface area contributed by atoms with Crippen LogP contribution in [-0.4, -0.2) is 17.8 Å². The van der Waals surface area contributed by atoms with Gasteiger partial charge in [-0.1, -0.05) is 35.4 Å². The van der Waals surface area contributed by atoms with Gasteiger partial charge < -0.3 is 5.32 Å². The van der Waals surface area contributed by atoms with Crippen LogP contribution in [0.1, 0.15) is 16.8 Å². The Labute approximate surface area is 104 Å². The summed E-state index contributed by atoms with van der Waals surface area (Å²) in [5, 5.41) is 3.60. The van der Waals surface area contributed by atoms with Gasteiger partial charge in [-0.3, -0.25) is 4.79 Å². The predicted octanol–water partition coefficient (Wildman–Crippen LogP) is 3.11. The van der Waals surface area contributed by atoms with E-state index in [-0.39, 0.29) is 12.2 Å². The van der Waals surface area contributed by atoms with Gasteiger partial charge in [0.15, 0.2) is 5.78 Å². The zero-order valence-corrected chi connectivity index (χ0v) is 10.3. The Morgan fingerprint density at radius 3 is 2.67 bits per heavy atom. The van der Waals surface area contributed by atoms with Crippen molar-refractivity contribution in [3.8, 4) is 0 Å². The normalized spacial score (nSPS) is 9.80. The molecule has 2 nitrogen and oxygen atoms in total. The fourth-order valence-electron chi connectivity index (χ4n) is 1.05. The van der Waals surface area contributed by atoms with Crippen LogP contribution < -0.4 is 5.32 Å². The van der Waals surface area contributed by atoms with E-state index in [9.17, 15) is 4.79 Å². The van der Waals surface area contributed by atoms with E-state index in [2.05, 4.69) is 5.32 Å². The third kappa shape index (κ3) is 3.45. The summed E-state index contributed by atoms with van der Waals surface area (Å²) in [6, 6.07) is 4.77. The van der Waals surface area contributed by atoms with Crippen molar-refractivity contribution >= 4 is 46.2 Å². The standard InChI is InChI=1S/C10H9Cl2NOS/c1-13-10(15)5-9(14)7-3-2-6(11)4-8(7)12/h2-4H,5H2,1H3,(H,13,15). The number of ketones is 1. The van der Waals surface area contributed by atoms with Gasteiger partial charge in [0.25, 0.3) is 0 Å². The summed E-state index contributed by atoms with van der Waals surface area (Å²) in [7, 11) is 1.68. The SMILES string of the molecule is CNC(=S)CC(=O)c1ccc(Cl)cc1Cl. The molecule has 0 amide bonds. The lowest BCUT2D eigenvalue weighted by Crippen LogP contribution is -2.19. The highest BCUT2D eigenvalue weighted by Gasteiger charge is 2.12. The number of Topliss-reactive ketones (excluding diaryl/α,β-unsaturated/α-hetero) is 1. The van der Waals surface area contributed by atoms with Gasteiger partial charge in [0.2, 0.25) is 0 Å². The van der Waals surface area contributed by atoms with Gasteiger partial charge in [-0.2, -0.15) is 0 Å². The minimum atomic E-state index is -0.115. The average molecular weight is 262 g/mol. The van der Waals surface area contributed by atoms with Gasteiger partial charge in [0.05, 0.1) is 16.4 Å². The molecule has 0 saturated carbocycles. The summed E-state index contributed by atoms with van der Waals surface area (Å²) in [6.07, 6.45) is 0.160. The molecule has 0 aliphatic rings. The molecule has 0 unspecified atom stereocenters. The Kier molecular flexibility index (Phi) is 4.51. The second-order valence-corrected chi connectivity index (χ2v) is 4.23. The van der Waals surface area contributed by atoms with Crippen LogP contribution in [0.15, 0.2) is 18.2 Å². The van der Waals surface area contributed by atoms with Crippen molar-refractivity contribution in [2.75, 3.05) is 7.05 Å². The van der Waals surface area contributed by atoms with Crippen LogP contribution in [0.4, 0.5) is 0 Å². The number of carbonyl (C=O) groups excluding carboxylic acids is 1. The maximum atomic E-state index is 11.7. The minimum Gasteiger partial charge on any atom is -0.382 e. The molecule has 0 radical (unpaired) electrons. The molecule has 0 atom stereocenters. The van der Waals surface area contributed by atoms with Gasteiger partial charge in [-0.25, -0.2) is 0 Å². The predicted molar refractivity (Wildman–Crippen MR) is 67.1 cm³/mol. The second-order valence-electron chi connectivity index (χ2n) is 2.90. The van der Waals surface area contributed by atoms with Crippen molar-refractivity contribution in [1.29, 1.82) is 0 Å². The number of rotatable bonds is 3. The van der Waals surface area contributed by atoms with Crippen molar-refractivity contribution < 1.29 is 4.79 Å². The molecule has 0 fully saturated rings. The van der Waals surface area contributed by atoms with Crippen LogP contribution in [0.5, 0.6) is 0 Å². The van der Waals surface area contributed by atoms with Crippen molar-refractivity contribution in [2.24, 2.45) is 0 Å². The maximum absolute atomic E-state index is 11.7. The first-order valence-electron chi connectivity index (χ1n) is 4.23. The van der Waals surface area contributed by atoms with Crippen molar-refractivity contribution in [2.45, 2.75) is 6.42 Å². The fourth-order valence-corrected chi connectivity index (χ4v) is 1.69. The van der Waals surface area contributed by atoms with Crippen LogP contribution in [0.25, 0.3) is 0 Å². The lowest BCUT2D eigenvalue weighted by atomic mass is 10.1. The molecule has 0 spiro atoms. The molecule has 1 aromatic carbocycles. The first-order chi connectivity index (χ1) is 7.04. The first kappa shape index (κ1) is 12.4. The van der Waals surface area contributed by atoms with Crippen LogP contribution >= 0.6 is 35.4 Å². The van der Waals surface area contributed by atoms with Crippen LogP contribution in [0.3, 0.4) is 0 Å². The van der Waals surface area contributed by atoms with E-state index in [0.29, 0.717) is 20.6 Å². The fraction of sp³-hybridized carbons (Fsp3) is 0.200. The molecule has 0 aliphatic heterocycles. The minimum absolute atomic E-state index is 0.115. The van der Waals surface area contributed by atoms with Crippen LogP contribution in [-0.2, 0) is 0 Å². The zero-order valence-electron chi connectivity index (χ0n) is 8.01. The number of hydrogen-bond donors (Lipinski definition) is 1. The van der Waals surface area contributed by atoms with E-state index in [4.69, 9.17) is 35.4 Å². The molecule has 1 N–H and O–H groups in total. The zero-order chi connectivity index (χ0) is 11.4. The Balaban J connectivity index is 2.87. The quantitative estimate of drug-likeness (QED) is 0.670. The Morgan fingerprint density at radius 2 is 2.13 bits per heavy atom. The van der Waals surface area contributed by atoms with Gasteiger partial charge in [-0.05, 0) is 18.2 Å². The molecule has 1 aromatic rings. The molecular weight excluding hydrogens is 253 g/mol. The number of thiocarbonyl (C=S) groups is 1. The highest BCUT2D eigenvalue weighted by molar-refractivity contribution is 7.80. The van der Waals surface area contributed by atoms with Crippen molar-refractivity contribution in [3.05, 3.63) is 33.8 Å². The number of halogens is 2. The summed E-state index contributed by atoms with van der Waals surface area (Å²) >= 11 is 16.5. The Morgan fingerprint density at radius 1 is 1.47 bits per heavy atom. The van der Waals surface area contributed by atoms with Crippen LogP contribution in [0, 0.1) is 0 Å². The summed E-state index contributed by atoms with van der Waals surface area (Å²) in [5.41, 5.74) is 0.443. The van der Waals surface area contributed by atoms with Crippen LogP contribution in [0.2, 0.25) is 10.0 Å². The van der Waals surface area contributed by atoms with Gasteiger partial charge in [-0.15, -0.1) is 0 Å². The third-order valence-electron chi connectivity index (χ3n) is 1.83. The first-order valence-corrected chi connectivity index (χ1v) is 5.40. The van der Waals surface area contributed by atoms with E-state index in [1.54, 1.807) is 25.2 Å². The molecule has 0 bridgehead atoms. The molecule has 0 aromatic heterocycles. The molecule has 5 heteroatoms. The molecule has 0 aliphatic carbocycles. The van der Waals surface area contributed by atoms with Gasteiger partial charge in [0.1, 0.15) is 0 Å². The third-order valence-corrected chi connectivity index (χ3v) is 2.73. The highest BCUT2D eigenvalue weighted by Crippen LogP contribution is 2.22. The van der Waals surface area contributed by atoms with E-state index in [0.717, 1.165) is 0 Å². The smallest absolute Gasteiger partial charge is 0.171 e. The molecular formula is C10H9Cl2NOS. The van der Waals surface area contributed by atoms with E-state index in [1.165, 1.54) is 0 Å². The summed E-state index contributed by atoms with van der Waals surface area (Å²) in [4.78, 5) is 12.2. The summed E-state index contributed by atoms with van der Waals surface area (Å²) in [6.45, 7) is 0. The number of benzene rings is 1.